The topological polar surface area (TPSA) is 63.5 Å². The van der Waals surface area contributed by atoms with Crippen LogP contribution in [0.15, 0.2) is 48.8 Å². The van der Waals surface area contributed by atoms with Crippen molar-refractivity contribution < 1.29 is 21.6 Å². The van der Waals surface area contributed by atoms with E-state index < -0.39 is 28.4 Å². The smallest absolute Gasteiger partial charge is 0.306 e. The van der Waals surface area contributed by atoms with Crippen molar-refractivity contribution in [2.45, 2.75) is 19.5 Å². The summed E-state index contributed by atoms with van der Waals surface area (Å²) in [4.78, 5) is 4.54. The number of rotatable bonds is 5. The minimum atomic E-state index is -4.51. The van der Waals surface area contributed by atoms with Crippen LogP contribution in [0.5, 0.6) is 0 Å². The summed E-state index contributed by atoms with van der Waals surface area (Å²) < 4.78 is 64.0. The van der Waals surface area contributed by atoms with E-state index >= 15 is 0 Å². The number of aromatic nitrogens is 2. The highest BCUT2D eigenvalue weighted by Gasteiger charge is 2.29. The summed E-state index contributed by atoms with van der Waals surface area (Å²) in [6.45, 7) is 1.95. The highest BCUT2D eigenvalue weighted by Crippen LogP contribution is 2.24. The van der Waals surface area contributed by atoms with Crippen LogP contribution in [0.2, 0.25) is 0 Å². The average Bonchev–Trinajstić information content (AvgIpc) is 2.99. The van der Waals surface area contributed by atoms with E-state index in [0.29, 0.717) is 5.69 Å². The molecule has 9 heteroatoms. The van der Waals surface area contributed by atoms with Crippen molar-refractivity contribution in [1.29, 1.82) is 0 Å². The molecule has 2 aromatic heterocycles. The molecule has 5 nitrogen and oxygen atoms in total. The van der Waals surface area contributed by atoms with Crippen molar-refractivity contribution in [3.8, 4) is 11.3 Å². The van der Waals surface area contributed by atoms with E-state index in [4.69, 9.17) is 0 Å². The molecule has 26 heavy (non-hydrogen) atoms. The number of sulfonamides is 1. The highest BCUT2D eigenvalue weighted by molar-refractivity contribution is 7.92. The molecule has 0 aliphatic rings. The van der Waals surface area contributed by atoms with Crippen LogP contribution in [0.4, 0.5) is 18.9 Å². The largest absolute Gasteiger partial charge is 0.390 e. The quantitative estimate of drug-likeness (QED) is 0.724. The molecule has 0 saturated heterocycles. The minimum absolute atomic E-state index is 0.205. The maximum absolute atomic E-state index is 12.2. The lowest BCUT2D eigenvalue weighted by Crippen LogP contribution is -2.21. The maximum Gasteiger partial charge on any atom is 0.390 e. The molecule has 138 valence electrons. The van der Waals surface area contributed by atoms with Crippen molar-refractivity contribution in [2.24, 2.45) is 0 Å². The average molecular weight is 383 g/mol. The predicted octanol–water partition coefficient (Wildman–Crippen LogP) is 4.00. The van der Waals surface area contributed by atoms with Gasteiger partial charge in [-0.1, -0.05) is 18.2 Å². The number of nitrogens with one attached hydrogen (secondary N) is 1. The second-order valence-electron chi connectivity index (χ2n) is 5.91. The standard InChI is InChI=1S/C17H16F3N3O2S/c1-12-3-2-9-23-11-15(21-16(12)23)13-4-6-14(7-5-13)22-26(24,25)10-8-17(18,19)20/h2-7,9,11,22H,8,10H2,1H3. The molecule has 0 unspecified atom stereocenters. The molecule has 1 N–H and O–H groups in total. The first-order chi connectivity index (χ1) is 12.1. The van der Waals surface area contributed by atoms with Crippen molar-refractivity contribution in [3.63, 3.8) is 0 Å². The van der Waals surface area contributed by atoms with Gasteiger partial charge in [0.25, 0.3) is 0 Å². The molecule has 0 aliphatic carbocycles. The van der Waals surface area contributed by atoms with Gasteiger partial charge in [-0.25, -0.2) is 13.4 Å². The van der Waals surface area contributed by atoms with Gasteiger partial charge in [-0.05, 0) is 30.7 Å². The van der Waals surface area contributed by atoms with Gasteiger partial charge in [-0.3, -0.25) is 4.72 Å². The van der Waals surface area contributed by atoms with Crippen LogP contribution in [0, 0.1) is 6.92 Å². The molecule has 0 fully saturated rings. The number of fused-ring (bicyclic) bond motifs is 1. The number of halogens is 3. The van der Waals surface area contributed by atoms with E-state index in [1.54, 1.807) is 12.1 Å². The van der Waals surface area contributed by atoms with E-state index in [1.165, 1.54) is 12.1 Å². The molecule has 2 heterocycles. The van der Waals surface area contributed by atoms with Crippen LogP contribution in [-0.2, 0) is 10.0 Å². The lowest BCUT2D eigenvalue weighted by molar-refractivity contribution is -0.129. The highest BCUT2D eigenvalue weighted by atomic mass is 32.2. The molecule has 0 spiro atoms. The summed E-state index contributed by atoms with van der Waals surface area (Å²) in [6.07, 6.45) is -2.17. The Balaban J connectivity index is 1.76. The first-order valence-corrected chi connectivity index (χ1v) is 9.40. The second-order valence-corrected chi connectivity index (χ2v) is 7.75. The Morgan fingerprint density at radius 1 is 1.15 bits per heavy atom. The summed E-state index contributed by atoms with van der Waals surface area (Å²) in [7, 11) is -4.06. The molecule has 0 atom stereocenters. The van der Waals surface area contributed by atoms with Gasteiger partial charge in [0.05, 0.1) is 17.9 Å². The Bertz CT molecular complexity index is 1030. The van der Waals surface area contributed by atoms with Gasteiger partial charge in [0.1, 0.15) is 5.65 Å². The molecule has 0 aliphatic heterocycles. The van der Waals surface area contributed by atoms with E-state index in [-0.39, 0.29) is 5.69 Å². The Labute approximate surface area is 148 Å². The third-order valence-electron chi connectivity index (χ3n) is 3.79. The fraction of sp³-hybridized carbons (Fsp3) is 0.235. The van der Waals surface area contributed by atoms with Gasteiger partial charge in [0.15, 0.2) is 0 Å². The SMILES string of the molecule is Cc1cccn2cc(-c3ccc(NS(=O)(=O)CCC(F)(F)F)cc3)nc12. The van der Waals surface area contributed by atoms with Crippen molar-refractivity contribution in [2.75, 3.05) is 10.5 Å². The summed E-state index contributed by atoms with van der Waals surface area (Å²) >= 11 is 0. The van der Waals surface area contributed by atoms with Crippen molar-refractivity contribution in [1.82, 2.24) is 9.38 Å². The fourth-order valence-electron chi connectivity index (χ4n) is 2.48. The first-order valence-electron chi connectivity index (χ1n) is 7.75. The number of alkyl halides is 3. The number of aryl methyl sites for hydroxylation is 1. The van der Waals surface area contributed by atoms with Gasteiger partial charge >= 0.3 is 6.18 Å². The molecule has 0 saturated carbocycles. The number of hydrogen-bond donors (Lipinski definition) is 1. The summed E-state index contributed by atoms with van der Waals surface area (Å²) in [6, 6.07) is 10.2. The number of hydrogen-bond acceptors (Lipinski definition) is 3. The number of imidazole rings is 1. The third-order valence-corrected chi connectivity index (χ3v) is 5.07. The molecule has 0 amide bonds. The fourth-order valence-corrected chi connectivity index (χ4v) is 3.58. The molecule has 1 aromatic carbocycles. The zero-order chi connectivity index (χ0) is 18.9. The second kappa shape index (κ2) is 6.64. The van der Waals surface area contributed by atoms with Gasteiger partial charge < -0.3 is 4.40 Å². The van der Waals surface area contributed by atoms with Crippen LogP contribution in [0.3, 0.4) is 0 Å². The molecular formula is C17H16F3N3O2S. The number of nitrogens with zero attached hydrogens (tertiary/aromatic N) is 2. The van der Waals surface area contributed by atoms with Gasteiger partial charge in [-0.2, -0.15) is 13.2 Å². The lowest BCUT2D eigenvalue weighted by atomic mass is 10.1. The lowest BCUT2D eigenvalue weighted by Gasteiger charge is -2.10. The maximum atomic E-state index is 12.2. The molecule has 0 radical (unpaired) electrons. The number of anilines is 1. The van der Waals surface area contributed by atoms with Crippen LogP contribution < -0.4 is 4.72 Å². The molecule has 3 rings (SSSR count). The van der Waals surface area contributed by atoms with Crippen molar-refractivity contribution in [3.05, 3.63) is 54.4 Å². The Morgan fingerprint density at radius 2 is 1.85 bits per heavy atom. The molecule has 0 bridgehead atoms. The zero-order valence-electron chi connectivity index (χ0n) is 13.8. The van der Waals surface area contributed by atoms with Gasteiger partial charge in [0.2, 0.25) is 10.0 Å². The Kier molecular flexibility index (Phi) is 4.66. The Hall–Kier alpha value is -2.55. The van der Waals surface area contributed by atoms with Gasteiger partial charge in [-0.15, -0.1) is 0 Å². The van der Waals surface area contributed by atoms with Crippen LogP contribution in [0.25, 0.3) is 16.9 Å². The van der Waals surface area contributed by atoms with Crippen LogP contribution >= 0.6 is 0 Å². The normalized spacial score (nSPS) is 12.5. The summed E-state index contributed by atoms with van der Waals surface area (Å²) in [5, 5.41) is 0. The van der Waals surface area contributed by atoms with E-state index in [9.17, 15) is 21.6 Å². The van der Waals surface area contributed by atoms with E-state index in [0.717, 1.165) is 16.8 Å². The number of benzene rings is 1. The third kappa shape index (κ3) is 4.34. The molecule has 3 aromatic rings. The van der Waals surface area contributed by atoms with Gasteiger partial charge in [0, 0.05) is 23.6 Å². The first kappa shape index (κ1) is 18.2. The molecular weight excluding hydrogens is 367 g/mol. The van der Waals surface area contributed by atoms with Crippen molar-refractivity contribution >= 4 is 21.4 Å². The summed E-state index contributed by atoms with van der Waals surface area (Å²) in [5.41, 5.74) is 3.53. The monoisotopic (exact) mass is 383 g/mol. The van der Waals surface area contributed by atoms with Crippen LogP contribution in [0.1, 0.15) is 12.0 Å². The minimum Gasteiger partial charge on any atom is -0.306 e. The summed E-state index contributed by atoms with van der Waals surface area (Å²) in [5.74, 6) is -1.01. The Morgan fingerprint density at radius 3 is 2.46 bits per heavy atom. The van der Waals surface area contributed by atoms with E-state index in [1.807, 2.05) is 35.9 Å². The zero-order valence-corrected chi connectivity index (χ0v) is 14.6. The van der Waals surface area contributed by atoms with Crippen LogP contribution in [-0.4, -0.2) is 29.7 Å². The number of pyridine rings is 1. The van der Waals surface area contributed by atoms with E-state index in [2.05, 4.69) is 9.71 Å². The predicted molar refractivity (Wildman–Crippen MR) is 93.4 cm³/mol.